The molecule has 0 aliphatic rings. The van der Waals surface area contributed by atoms with Gasteiger partial charge >= 0.3 is 0 Å². The highest BCUT2D eigenvalue weighted by molar-refractivity contribution is 6.32. The highest BCUT2D eigenvalue weighted by Crippen LogP contribution is 2.20. The SMILES string of the molecule is C[C@H](NC(=O)/C=C/c1c(F)cccc1Cl)c1ccc(F)cc1. The molecule has 22 heavy (non-hydrogen) atoms. The highest BCUT2D eigenvalue weighted by Gasteiger charge is 2.08. The molecule has 0 saturated heterocycles. The number of amides is 1. The molecule has 0 spiro atoms. The Hall–Kier alpha value is -2.20. The summed E-state index contributed by atoms with van der Waals surface area (Å²) >= 11 is 5.87. The molecule has 2 aromatic carbocycles. The fourth-order valence-electron chi connectivity index (χ4n) is 1.93. The van der Waals surface area contributed by atoms with Crippen molar-refractivity contribution in [3.05, 3.63) is 76.3 Å². The second-order valence-corrected chi connectivity index (χ2v) is 5.16. The summed E-state index contributed by atoms with van der Waals surface area (Å²) in [6, 6.07) is 9.85. The van der Waals surface area contributed by atoms with E-state index in [1.165, 1.54) is 36.4 Å². The van der Waals surface area contributed by atoms with Crippen molar-refractivity contribution in [2.75, 3.05) is 0 Å². The van der Waals surface area contributed by atoms with E-state index in [-0.39, 0.29) is 22.4 Å². The maximum absolute atomic E-state index is 13.6. The Labute approximate surface area is 132 Å². The van der Waals surface area contributed by atoms with E-state index in [2.05, 4.69) is 5.32 Å². The van der Waals surface area contributed by atoms with Crippen molar-refractivity contribution in [3.8, 4) is 0 Å². The maximum Gasteiger partial charge on any atom is 0.244 e. The van der Waals surface area contributed by atoms with Gasteiger partial charge in [0.2, 0.25) is 5.91 Å². The number of hydrogen-bond acceptors (Lipinski definition) is 1. The van der Waals surface area contributed by atoms with Crippen LogP contribution in [0.4, 0.5) is 8.78 Å². The largest absolute Gasteiger partial charge is 0.346 e. The van der Waals surface area contributed by atoms with Crippen LogP contribution in [0.15, 0.2) is 48.5 Å². The Balaban J connectivity index is 2.03. The van der Waals surface area contributed by atoms with Gasteiger partial charge in [-0.2, -0.15) is 0 Å². The number of nitrogens with one attached hydrogen (secondary N) is 1. The molecular weight excluding hydrogens is 308 g/mol. The molecule has 0 fully saturated rings. The quantitative estimate of drug-likeness (QED) is 0.825. The Morgan fingerprint density at radius 1 is 1.18 bits per heavy atom. The van der Waals surface area contributed by atoms with Gasteiger partial charge in [-0.15, -0.1) is 0 Å². The maximum atomic E-state index is 13.6. The summed E-state index contributed by atoms with van der Waals surface area (Å²) in [4.78, 5) is 11.9. The minimum atomic E-state index is -0.497. The van der Waals surface area contributed by atoms with E-state index in [9.17, 15) is 13.6 Å². The van der Waals surface area contributed by atoms with Gasteiger partial charge < -0.3 is 5.32 Å². The third-order valence-electron chi connectivity index (χ3n) is 3.13. The monoisotopic (exact) mass is 321 g/mol. The molecule has 0 radical (unpaired) electrons. The molecule has 0 bridgehead atoms. The molecule has 2 nitrogen and oxygen atoms in total. The van der Waals surface area contributed by atoms with Crippen LogP contribution in [0.3, 0.4) is 0 Å². The van der Waals surface area contributed by atoms with E-state index in [1.54, 1.807) is 25.1 Å². The van der Waals surface area contributed by atoms with Crippen molar-refractivity contribution in [2.24, 2.45) is 0 Å². The van der Waals surface area contributed by atoms with Gasteiger partial charge in [-0.05, 0) is 42.8 Å². The Bertz CT molecular complexity index is 678. The first kappa shape index (κ1) is 16.2. The van der Waals surface area contributed by atoms with Crippen LogP contribution in [0.5, 0.6) is 0 Å². The zero-order valence-corrected chi connectivity index (χ0v) is 12.6. The third-order valence-corrected chi connectivity index (χ3v) is 3.46. The van der Waals surface area contributed by atoms with Crippen LogP contribution in [-0.4, -0.2) is 5.91 Å². The minimum absolute atomic E-state index is 0.161. The summed E-state index contributed by atoms with van der Waals surface area (Å²) in [6.45, 7) is 1.77. The van der Waals surface area contributed by atoms with E-state index in [4.69, 9.17) is 11.6 Å². The van der Waals surface area contributed by atoms with Crippen LogP contribution >= 0.6 is 11.6 Å². The average Bonchev–Trinajstić information content (AvgIpc) is 2.47. The number of rotatable bonds is 4. The van der Waals surface area contributed by atoms with E-state index >= 15 is 0 Å². The van der Waals surface area contributed by atoms with Crippen LogP contribution in [-0.2, 0) is 4.79 Å². The topological polar surface area (TPSA) is 29.1 Å². The predicted molar refractivity (Wildman–Crippen MR) is 83.4 cm³/mol. The predicted octanol–water partition coefficient (Wildman–Crippen LogP) is 4.51. The average molecular weight is 322 g/mol. The fraction of sp³-hybridized carbons (Fsp3) is 0.118. The second-order valence-electron chi connectivity index (χ2n) is 4.75. The van der Waals surface area contributed by atoms with Crippen LogP contribution in [0.2, 0.25) is 5.02 Å². The molecule has 0 unspecified atom stereocenters. The van der Waals surface area contributed by atoms with Gasteiger partial charge in [0, 0.05) is 11.6 Å². The molecule has 0 aliphatic carbocycles. The summed E-state index contributed by atoms with van der Waals surface area (Å²) in [6.07, 6.45) is 2.54. The van der Waals surface area contributed by atoms with Gasteiger partial charge in [-0.25, -0.2) is 8.78 Å². The first-order valence-electron chi connectivity index (χ1n) is 6.65. The standard InChI is InChI=1S/C17H14ClF2NO/c1-11(12-5-7-13(19)8-6-12)21-17(22)10-9-14-15(18)3-2-4-16(14)20/h2-11H,1H3,(H,21,22)/b10-9+/t11-/m0/s1. The minimum Gasteiger partial charge on any atom is -0.346 e. The zero-order chi connectivity index (χ0) is 16.1. The Kier molecular flexibility index (Phi) is 5.28. The number of hydrogen-bond donors (Lipinski definition) is 1. The van der Waals surface area contributed by atoms with Gasteiger partial charge in [0.05, 0.1) is 11.1 Å². The molecule has 0 saturated carbocycles. The van der Waals surface area contributed by atoms with Crippen molar-refractivity contribution in [1.29, 1.82) is 0 Å². The number of carbonyl (C=O) groups is 1. The lowest BCUT2D eigenvalue weighted by atomic mass is 10.1. The van der Waals surface area contributed by atoms with Crippen LogP contribution < -0.4 is 5.32 Å². The lowest BCUT2D eigenvalue weighted by molar-refractivity contribution is -0.117. The van der Waals surface area contributed by atoms with E-state index < -0.39 is 11.7 Å². The number of benzene rings is 2. The van der Waals surface area contributed by atoms with Gasteiger partial charge in [-0.3, -0.25) is 4.79 Å². The van der Waals surface area contributed by atoms with Crippen LogP contribution in [0.25, 0.3) is 6.08 Å². The molecule has 0 aliphatic heterocycles. The highest BCUT2D eigenvalue weighted by atomic mass is 35.5. The molecule has 2 rings (SSSR count). The summed E-state index contributed by atoms with van der Waals surface area (Å²) in [7, 11) is 0. The molecule has 1 amide bonds. The van der Waals surface area contributed by atoms with Crippen molar-refractivity contribution in [2.45, 2.75) is 13.0 Å². The first-order valence-corrected chi connectivity index (χ1v) is 7.03. The van der Waals surface area contributed by atoms with Crippen molar-refractivity contribution < 1.29 is 13.6 Å². The van der Waals surface area contributed by atoms with Gasteiger partial charge in [0.15, 0.2) is 0 Å². The molecule has 2 aromatic rings. The summed E-state index contributed by atoms with van der Waals surface area (Å²) < 4.78 is 26.4. The summed E-state index contributed by atoms with van der Waals surface area (Å²) in [5.41, 5.74) is 0.931. The molecule has 0 heterocycles. The zero-order valence-electron chi connectivity index (χ0n) is 11.8. The molecule has 0 aromatic heterocycles. The van der Waals surface area contributed by atoms with Gasteiger partial charge in [-0.1, -0.05) is 29.8 Å². The molecule has 5 heteroatoms. The Morgan fingerprint density at radius 3 is 2.50 bits per heavy atom. The molecular formula is C17H14ClF2NO. The summed E-state index contributed by atoms with van der Waals surface area (Å²) in [5, 5.41) is 2.94. The molecule has 1 atom stereocenters. The van der Waals surface area contributed by atoms with Crippen LogP contribution in [0, 0.1) is 11.6 Å². The van der Waals surface area contributed by atoms with E-state index in [0.717, 1.165) is 5.56 Å². The van der Waals surface area contributed by atoms with Gasteiger partial charge in [0.1, 0.15) is 11.6 Å². The normalized spacial score (nSPS) is 12.4. The lowest BCUT2D eigenvalue weighted by Crippen LogP contribution is -2.24. The fourth-order valence-corrected chi connectivity index (χ4v) is 2.15. The second kappa shape index (κ2) is 7.18. The number of halogens is 3. The van der Waals surface area contributed by atoms with Crippen LogP contribution in [0.1, 0.15) is 24.1 Å². The van der Waals surface area contributed by atoms with Crippen molar-refractivity contribution >= 4 is 23.6 Å². The summed E-state index contributed by atoms with van der Waals surface area (Å²) in [5.74, 6) is -1.23. The lowest BCUT2D eigenvalue weighted by Gasteiger charge is -2.12. The first-order chi connectivity index (χ1) is 10.5. The van der Waals surface area contributed by atoms with Crippen molar-refractivity contribution in [3.63, 3.8) is 0 Å². The third kappa shape index (κ3) is 4.15. The van der Waals surface area contributed by atoms with Gasteiger partial charge in [0.25, 0.3) is 0 Å². The number of carbonyl (C=O) groups excluding carboxylic acids is 1. The molecule has 1 N–H and O–H groups in total. The smallest absolute Gasteiger partial charge is 0.244 e. The van der Waals surface area contributed by atoms with E-state index in [0.29, 0.717) is 0 Å². The van der Waals surface area contributed by atoms with E-state index in [1.807, 2.05) is 0 Å². The molecule has 114 valence electrons. The Morgan fingerprint density at radius 2 is 1.86 bits per heavy atom. The van der Waals surface area contributed by atoms with Crippen molar-refractivity contribution in [1.82, 2.24) is 5.32 Å².